The van der Waals surface area contributed by atoms with Crippen LogP contribution in [0.15, 0.2) is 12.2 Å². The van der Waals surface area contributed by atoms with E-state index in [1.807, 2.05) is 0 Å². The quantitative estimate of drug-likeness (QED) is 0.472. The minimum Gasteiger partial charge on any atom is -0.0987 e. The van der Waals surface area contributed by atoms with Gasteiger partial charge in [-0.3, -0.25) is 0 Å². The smallest absolute Gasteiger partial charge is 0.0241 e. The van der Waals surface area contributed by atoms with E-state index >= 15 is 0 Å². The van der Waals surface area contributed by atoms with Crippen LogP contribution in [-0.4, -0.2) is 5.33 Å². The summed E-state index contributed by atoms with van der Waals surface area (Å²) in [5, 5.41) is 0.953. The molecule has 0 aromatic carbocycles. The summed E-state index contributed by atoms with van der Waals surface area (Å²) in [6.07, 6.45) is 2.53. The molecule has 0 aromatic rings. The predicted octanol–water partition coefficient (Wildman–Crippen LogP) is 3.37. The topological polar surface area (TPSA) is 0 Å². The monoisotopic (exact) mass is 190 g/mol. The van der Waals surface area contributed by atoms with Gasteiger partial charge in [-0.05, 0) is 12.3 Å². The number of hydrogen-bond acceptors (Lipinski definition) is 0. The van der Waals surface area contributed by atoms with E-state index in [0.717, 1.165) is 5.33 Å². The van der Waals surface area contributed by atoms with Crippen LogP contribution in [0, 0.1) is 5.92 Å². The molecule has 0 aromatic heterocycles. The molecule has 9 heavy (non-hydrogen) atoms. The van der Waals surface area contributed by atoms with Gasteiger partial charge in [0.15, 0.2) is 0 Å². The van der Waals surface area contributed by atoms with Gasteiger partial charge >= 0.3 is 0 Å². The summed E-state index contributed by atoms with van der Waals surface area (Å²) in [5.74, 6) is 0.689. The number of halogens is 1. The van der Waals surface area contributed by atoms with E-state index in [4.69, 9.17) is 0 Å². The predicted molar refractivity (Wildman–Crippen MR) is 47.0 cm³/mol. The maximum absolute atomic E-state index is 3.94. The molecule has 0 nitrogen and oxygen atoms in total. The number of allylic oxidation sites excluding steroid dienone is 1. The van der Waals surface area contributed by atoms with Gasteiger partial charge in [-0.1, -0.05) is 48.4 Å². The highest BCUT2D eigenvalue weighted by atomic mass is 79.9. The SMILES string of the molecule is C=C(CBr)C(C)CCC. The molecular weight excluding hydrogens is 176 g/mol. The molecular formula is C8H15Br. The number of rotatable bonds is 4. The van der Waals surface area contributed by atoms with Crippen LogP contribution in [0.4, 0.5) is 0 Å². The van der Waals surface area contributed by atoms with Crippen LogP contribution in [0.3, 0.4) is 0 Å². The van der Waals surface area contributed by atoms with Crippen LogP contribution in [0.5, 0.6) is 0 Å². The third-order valence-electron chi connectivity index (χ3n) is 1.59. The van der Waals surface area contributed by atoms with Gasteiger partial charge in [0, 0.05) is 5.33 Å². The van der Waals surface area contributed by atoms with Crippen LogP contribution in [0.2, 0.25) is 0 Å². The third kappa shape index (κ3) is 3.74. The minimum atomic E-state index is 0.689. The molecule has 1 heteroatoms. The fourth-order valence-electron chi connectivity index (χ4n) is 0.769. The van der Waals surface area contributed by atoms with Gasteiger partial charge in [-0.25, -0.2) is 0 Å². The zero-order valence-electron chi connectivity index (χ0n) is 6.28. The molecule has 0 aliphatic heterocycles. The molecule has 0 aliphatic carbocycles. The van der Waals surface area contributed by atoms with Crippen molar-refractivity contribution in [3.05, 3.63) is 12.2 Å². The van der Waals surface area contributed by atoms with Crippen molar-refractivity contribution in [2.45, 2.75) is 26.7 Å². The molecule has 0 spiro atoms. The van der Waals surface area contributed by atoms with Crippen molar-refractivity contribution < 1.29 is 0 Å². The van der Waals surface area contributed by atoms with Crippen molar-refractivity contribution in [3.63, 3.8) is 0 Å². The summed E-state index contributed by atoms with van der Waals surface area (Å²) in [4.78, 5) is 0. The average molecular weight is 191 g/mol. The Bertz CT molecular complexity index is 86.6. The van der Waals surface area contributed by atoms with Crippen LogP contribution < -0.4 is 0 Å². The summed E-state index contributed by atoms with van der Waals surface area (Å²) in [5.41, 5.74) is 1.32. The van der Waals surface area contributed by atoms with Gasteiger partial charge in [-0.2, -0.15) is 0 Å². The molecule has 0 amide bonds. The van der Waals surface area contributed by atoms with Crippen molar-refractivity contribution in [2.75, 3.05) is 5.33 Å². The molecule has 1 unspecified atom stereocenters. The van der Waals surface area contributed by atoms with Gasteiger partial charge in [0.1, 0.15) is 0 Å². The van der Waals surface area contributed by atoms with Crippen molar-refractivity contribution in [1.82, 2.24) is 0 Å². The molecule has 0 bridgehead atoms. The Hall–Kier alpha value is 0.220. The van der Waals surface area contributed by atoms with Crippen LogP contribution in [0.25, 0.3) is 0 Å². The molecule has 0 aliphatic rings. The Labute approximate surface area is 66.5 Å². The highest BCUT2D eigenvalue weighted by Gasteiger charge is 2.02. The van der Waals surface area contributed by atoms with E-state index in [2.05, 4.69) is 36.4 Å². The Morgan fingerprint density at radius 3 is 2.56 bits per heavy atom. The molecule has 0 rings (SSSR count). The Morgan fingerprint density at radius 2 is 2.22 bits per heavy atom. The second kappa shape index (κ2) is 5.04. The lowest BCUT2D eigenvalue weighted by atomic mass is 9.99. The summed E-state index contributed by atoms with van der Waals surface area (Å²) in [7, 11) is 0. The van der Waals surface area contributed by atoms with E-state index in [1.54, 1.807) is 0 Å². The second-order valence-corrected chi connectivity index (χ2v) is 3.04. The van der Waals surface area contributed by atoms with E-state index in [-0.39, 0.29) is 0 Å². The molecule has 0 saturated heterocycles. The van der Waals surface area contributed by atoms with E-state index in [1.165, 1.54) is 18.4 Å². The van der Waals surface area contributed by atoms with E-state index < -0.39 is 0 Å². The minimum absolute atomic E-state index is 0.689. The van der Waals surface area contributed by atoms with Crippen LogP contribution in [0.1, 0.15) is 26.7 Å². The van der Waals surface area contributed by atoms with Crippen LogP contribution in [-0.2, 0) is 0 Å². The van der Waals surface area contributed by atoms with E-state index in [9.17, 15) is 0 Å². The zero-order chi connectivity index (χ0) is 7.28. The van der Waals surface area contributed by atoms with Gasteiger partial charge in [-0.15, -0.1) is 0 Å². The largest absolute Gasteiger partial charge is 0.0987 e. The summed E-state index contributed by atoms with van der Waals surface area (Å²) >= 11 is 3.39. The molecule has 0 heterocycles. The second-order valence-electron chi connectivity index (χ2n) is 2.48. The van der Waals surface area contributed by atoms with Crippen molar-refractivity contribution >= 4 is 15.9 Å². The van der Waals surface area contributed by atoms with E-state index in [0.29, 0.717) is 5.92 Å². The molecule has 0 N–H and O–H groups in total. The van der Waals surface area contributed by atoms with Crippen LogP contribution >= 0.6 is 15.9 Å². The summed E-state index contributed by atoms with van der Waals surface area (Å²) < 4.78 is 0. The first-order valence-electron chi connectivity index (χ1n) is 3.46. The number of alkyl halides is 1. The van der Waals surface area contributed by atoms with Gasteiger partial charge in [0.05, 0.1) is 0 Å². The van der Waals surface area contributed by atoms with Crippen molar-refractivity contribution in [1.29, 1.82) is 0 Å². The Kier molecular flexibility index (Phi) is 5.16. The lowest BCUT2D eigenvalue weighted by Crippen LogP contribution is -1.97. The lowest BCUT2D eigenvalue weighted by Gasteiger charge is -2.09. The highest BCUT2D eigenvalue weighted by Crippen LogP contribution is 2.15. The fraction of sp³-hybridized carbons (Fsp3) is 0.750. The maximum Gasteiger partial charge on any atom is 0.0241 e. The summed E-state index contributed by atoms with van der Waals surface area (Å²) in [6.45, 7) is 8.38. The molecule has 0 saturated carbocycles. The van der Waals surface area contributed by atoms with Gasteiger partial charge in [0.2, 0.25) is 0 Å². The summed E-state index contributed by atoms with van der Waals surface area (Å²) in [6, 6.07) is 0. The first kappa shape index (κ1) is 9.22. The maximum atomic E-state index is 3.94. The average Bonchev–Trinajstić information content (AvgIpc) is 1.87. The Morgan fingerprint density at radius 1 is 1.67 bits per heavy atom. The third-order valence-corrected chi connectivity index (χ3v) is 2.31. The van der Waals surface area contributed by atoms with Gasteiger partial charge < -0.3 is 0 Å². The molecule has 0 radical (unpaired) electrons. The first-order chi connectivity index (χ1) is 4.22. The zero-order valence-corrected chi connectivity index (χ0v) is 7.87. The fourth-order valence-corrected chi connectivity index (χ4v) is 1.32. The highest BCUT2D eigenvalue weighted by molar-refractivity contribution is 9.09. The first-order valence-corrected chi connectivity index (χ1v) is 4.58. The molecule has 1 atom stereocenters. The Balaban J connectivity index is 3.45. The molecule has 0 fully saturated rings. The standard InChI is InChI=1S/C8H15Br/c1-4-5-7(2)8(3)6-9/h7H,3-6H2,1-2H3. The van der Waals surface area contributed by atoms with Crippen molar-refractivity contribution in [2.24, 2.45) is 5.92 Å². The lowest BCUT2D eigenvalue weighted by molar-refractivity contribution is 0.606. The molecule has 54 valence electrons. The van der Waals surface area contributed by atoms with Gasteiger partial charge in [0.25, 0.3) is 0 Å². The number of hydrogen-bond donors (Lipinski definition) is 0. The van der Waals surface area contributed by atoms with Crippen molar-refractivity contribution in [3.8, 4) is 0 Å². The normalized spacial score (nSPS) is 13.2.